The van der Waals surface area contributed by atoms with Gasteiger partial charge in [-0.15, -0.1) is 0 Å². The predicted octanol–water partition coefficient (Wildman–Crippen LogP) is 3.27. The molecule has 0 saturated carbocycles. The van der Waals surface area contributed by atoms with Crippen molar-refractivity contribution in [2.45, 2.75) is 45.6 Å². The van der Waals surface area contributed by atoms with Crippen LogP contribution in [0.3, 0.4) is 0 Å². The third-order valence-electron chi connectivity index (χ3n) is 4.59. The van der Waals surface area contributed by atoms with Crippen molar-refractivity contribution in [3.05, 3.63) is 42.0 Å². The molecule has 0 bridgehead atoms. The minimum absolute atomic E-state index is 0.117. The number of hydrogen-bond donors (Lipinski definition) is 2. The minimum Gasteiger partial charge on any atom is -0.343 e. The van der Waals surface area contributed by atoms with Crippen molar-refractivity contribution in [3.8, 4) is 0 Å². The molecule has 1 heterocycles. The van der Waals surface area contributed by atoms with Gasteiger partial charge < -0.3 is 15.5 Å². The number of likely N-dealkylation sites (tertiary alicyclic amines) is 1. The summed E-state index contributed by atoms with van der Waals surface area (Å²) in [6.07, 6.45) is 2.51. The monoisotopic (exact) mass is 343 g/mol. The van der Waals surface area contributed by atoms with Gasteiger partial charge in [-0.05, 0) is 50.8 Å². The Morgan fingerprint density at radius 1 is 1.24 bits per heavy atom. The minimum atomic E-state index is -0.519. The van der Waals surface area contributed by atoms with E-state index in [1.807, 2.05) is 49.9 Å². The van der Waals surface area contributed by atoms with Crippen LogP contribution in [0.4, 0.5) is 4.79 Å². The summed E-state index contributed by atoms with van der Waals surface area (Å²) in [4.78, 5) is 26.0. The van der Waals surface area contributed by atoms with E-state index in [2.05, 4.69) is 17.2 Å². The number of urea groups is 1. The average Bonchev–Trinajstić information content (AvgIpc) is 3.09. The number of allylic oxidation sites excluding steroid dienone is 1. The maximum atomic E-state index is 12.2. The number of nitrogens with one attached hydrogen (secondary N) is 2. The van der Waals surface area contributed by atoms with Crippen LogP contribution in [0.5, 0.6) is 0 Å². The second-order valence-corrected chi connectivity index (χ2v) is 7.20. The Hall–Kier alpha value is -2.30. The van der Waals surface area contributed by atoms with Crippen LogP contribution in [0.25, 0.3) is 5.57 Å². The SMILES string of the molecule is C=C(C)c1cccc(C(C)(C)NC(=O)NCCC(=O)N2CCCC2)c1. The summed E-state index contributed by atoms with van der Waals surface area (Å²) in [5, 5.41) is 5.76. The van der Waals surface area contributed by atoms with Gasteiger partial charge in [0.25, 0.3) is 0 Å². The maximum Gasteiger partial charge on any atom is 0.315 e. The van der Waals surface area contributed by atoms with Crippen molar-refractivity contribution in [1.82, 2.24) is 15.5 Å². The van der Waals surface area contributed by atoms with Crippen molar-refractivity contribution >= 4 is 17.5 Å². The lowest BCUT2D eigenvalue weighted by atomic mass is 9.92. The molecule has 5 nitrogen and oxygen atoms in total. The van der Waals surface area contributed by atoms with E-state index < -0.39 is 5.54 Å². The van der Waals surface area contributed by atoms with Gasteiger partial charge in [-0.25, -0.2) is 4.79 Å². The molecule has 1 aliphatic rings. The van der Waals surface area contributed by atoms with E-state index in [1.54, 1.807) is 0 Å². The Bertz CT molecular complexity index is 646. The molecule has 0 atom stereocenters. The van der Waals surface area contributed by atoms with Crippen LogP contribution in [0.15, 0.2) is 30.8 Å². The highest BCUT2D eigenvalue weighted by molar-refractivity contribution is 5.79. The smallest absolute Gasteiger partial charge is 0.315 e. The van der Waals surface area contributed by atoms with E-state index in [0.29, 0.717) is 13.0 Å². The molecule has 2 N–H and O–H groups in total. The molecule has 1 fully saturated rings. The second kappa shape index (κ2) is 8.19. The molecule has 1 aliphatic heterocycles. The second-order valence-electron chi connectivity index (χ2n) is 7.20. The number of nitrogens with zero attached hydrogens (tertiary/aromatic N) is 1. The number of rotatable bonds is 6. The van der Waals surface area contributed by atoms with Crippen molar-refractivity contribution in [1.29, 1.82) is 0 Å². The Kier molecular flexibility index (Phi) is 6.23. The highest BCUT2D eigenvalue weighted by atomic mass is 16.2. The van der Waals surface area contributed by atoms with Crippen LogP contribution < -0.4 is 10.6 Å². The Labute approximate surface area is 150 Å². The fraction of sp³-hybridized carbons (Fsp3) is 0.500. The first-order chi connectivity index (χ1) is 11.8. The molecular weight excluding hydrogens is 314 g/mol. The Morgan fingerprint density at radius 3 is 2.56 bits per heavy atom. The van der Waals surface area contributed by atoms with Gasteiger partial charge in [-0.3, -0.25) is 4.79 Å². The van der Waals surface area contributed by atoms with Gasteiger partial charge in [0, 0.05) is 26.1 Å². The average molecular weight is 343 g/mol. The van der Waals surface area contributed by atoms with Gasteiger partial charge in [-0.1, -0.05) is 30.4 Å². The van der Waals surface area contributed by atoms with Gasteiger partial charge in [0.1, 0.15) is 0 Å². The van der Waals surface area contributed by atoms with E-state index in [4.69, 9.17) is 0 Å². The van der Waals surface area contributed by atoms with Crippen LogP contribution in [0.1, 0.15) is 51.2 Å². The number of hydrogen-bond acceptors (Lipinski definition) is 2. The van der Waals surface area contributed by atoms with E-state index in [9.17, 15) is 9.59 Å². The maximum absolute atomic E-state index is 12.2. The van der Waals surface area contributed by atoms with Crippen molar-refractivity contribution in [3.63, 3.8) is 0 Å². The first-order valence-electron chi connectivity index (χ1n) is 8.90. The summed E-state index contributed by atoms with van der Waals surface area (Å²) in [5.41, 5.74) is 2.54. The van der Waals surface area contributed by atoms with Gasteiger partial charge in [-0.2, -0.15) is 0 Å². The van der Waals surface area contributed by atoms with Gasteiger partial charge in [0.15, 0.2) is 0 Å². The normalized spacial score (nSPS) is 14.3. The van der Waals surface area contributed by atoms with Crippen LogP contribution in [-0.4, -0.2) is 36.5 Å². The van der Waals surface area contributed by atoms with Gasteiger partial charge >= 0.3 is 6.03 Å². The van der Waals surface area contributed by atoms with Crippen LogP contribution in [-0.2, 0) is 10.3 Å². The standard InChI is InChI=1S/C20H29N3O2/c1-15(2)16-8-7-9-17(14-16)20(3,4)22-19(25)21-11-10-18(24)23-12-5-6-13-23/h7-9,14H,1,5-6,10-13H2,2-4H3,(H2,21,22,25). The molecule has 5 heteroatoms. The Morgan fingerprint density at radius 2 is 1.92 bits per heavy atom. The summed E-state index contributed by atoms with van der Waals surface area (Å²) in [6, 6.07) is 7.74. The summed E-state index contributed by atoms with van der Waals surface area (Å²) < 4.78 is 0. The summed E-state index contributed by atoms with van der Waals surface area (Å²) in [7, 11) is 0. The highest BCUT2D eigenvalue weighted by Crippen LogP contribution is 2.23. The lowest BCUT2D eigenvalue weighted by Crippen LogP contribution is -2.47. The topological polar surface area (TPSA) is 61.4 Å². The molecule has 1 aromatic rings. The molecule has 0 aromatic heterocycles. The molecule has 3 amide bonds. The molecule has 25 heavy (non-hydrogen) atoms. The molecular formula is C20H29N3O2. The molecule has 0 radical (unpaired) electrons. The lowest BCUT2D eigenvalue weighted by Gasteiger charge is -2.27. The molecule has 0 aliphatic carbocycles. The zero-order valence-electron chi connectivity index (χ0n) is 15.5. The third-order valence-corrected chi connectivity index (χ3v) is 4.59. The molecule has 0 spiro atoms. The van der Waals surface area contributed by atoms with Gasteiger partial charge in [0.05, 0.1) is 5.54 Å². The van der Waals surface area contributed by atoms with E-state index in [1.165, 1.54) is 0 Å². The number of amides is 3. The van der Waals surface area contributed by atoms with E-state index >= 15 is 0 Å². The van der Waals surface area contributed by atoms with Crippen molar-refractivity contribution in [2.75, 3.05) is 19.6 Å². The van der Waals surface area contributed by atoms with Crippen LogP contribution >= 0.6 is 0 Å². The molecule has 0 unspecified atom stereocenters. The largest absolute Gasteiger partial charge is 0.343 e. The van der Waals surface area contributed by atoms with Crippen molar-refractivity contribution < 1.29 is 9.59 Å². The number of carbonyl (C=O) groups is 2. The van der Waals surface area contributed by atoms with Crippen LogP contribution in [0, 0.1) is 0 Å². The van der Waals surface area contributed by atoms with Gasteiger partial charge in [0.2, 0.25) is 5.91 Å². The summed E-state index contributed by atoms with van der Waals surface area (Å²) in [6.45, 7) is 11.9. The van der Waals surface area contributed by atoms with E-state index in [-0.39, 0.29) is 11.9 Å². The van der Waals surface area contributed by atoms with Crippen molar-refractivity contribution in [2.24, 2.45) is 0 Å². The van der Waals surface area contributed by atoms with E-state index in [0.717, 1.165) is 42.6 Å². The summed E-state index contributed by atoms with van der Waals surface area (Å²) >= 11 is 0. The quantitative estimate of drug-likeness (QED) is 0.833. The highest BCUT2D eigenvalue weighted by Gasteiger charge is 2.23. The number of benzene rings is 1. The molecule has 1 saturated heterocycles. The fourth-order valence-corrected chi connectivity index (χ4v) is 2.98. The molecule has 1 aromatic carbocycles. The zero-order chi connectivity index (χ0) is 18.4. The molecule has 2 rings (SSSR count). The first-order valence-corrected chi connectivity index (χ1v) is 8.90. The summed E-state index contributed by atoms with van der Waals surface area (Å²) in [5.74, 6) is 0.117. The number of carbonyl (C=O) groups excluding carboxylic acids is 2. The zero-order valence-corrected chi connectivity index (χ0v) is 15.5. The predicted molar refractivity (Wildman–Crippen MR) is 101 cm³/mol. The van der Waals surface area contributed by atoms with Crippen LogP contribution in [0.2, 0.25) is 0 Å². The Balaban J connectivity index is 1.84. The molecule has 136 valence electrons. The lowest BCUT2D eigenvalue weighted by molar-refractivity contribution is -0.129. The first kappa shape index (κ1) is 19.0. The fourth-order valence-electron chi connectivity index (χ4n) is 2.98. The third kappa shape index (κ3) is 5.34.